The maximum atomic E-state index is 12.1. The molecule has 1 aromatic rings. The Balaban J connectivity index is 2.14. The Morgan fingerprint density at radius 1 is 1.36 bits per heavy atom. The van der Waals surface area contributed by atoms with Crippen LogP contribution in [-0.4, -0.2) is 50.4 Å². The van der Waals surface area contributed by atoms with Gasteiger partial charge in [0, 0.05) is 32.7 Å². The van der Waals surface area contributed by atoms with Crippen LogP contribution in [0, 0.1) is 5.92 Å². The lowest BCUT2D eigenvalue weighted by Crippen LogP contribution is -2.26. The van der Waals surface area contributed by atoms with Crippen molar-refractivity contribution in [3.63, 3.8) is 0 Å². The summed E-state index contributed by atoms with van der Waals surface area (Å²) < 4.78 is 4.70. The maximum absolute atomic E-state index is 12.1. The van der Waals surface area contributed by atoms with Crippen LogP contribution in [0.1, 0.15) is 12.0 Å². The molecule has 1 fully saturated rings. The Hall–Kier alpha value is -2.37. The third-order valence-corrected chi connectivity index (χ3v) is 3.74. The number of carbonyl (C=O) groups is 3. The van der Waals surface area contributed by atoms with Gasteiger partial charge < -0.3 is 14.5 Å². The van der Waals surface area contributed by atoms with Crippen LogP contribution in [0.15, 0.2) is 24.3 Å². The van der Waals surface area contributed by atoms with E-state index in [1.165, 1.54) is 12.0 Å². The molecule has 6 heteroatoms. The molecular formula is C16H20N2O4. The van der Waals surface area contributed by atoms with Crippen LogP contribution >= 0.6 is 0 Å². The summed E-state index contributed by atoms with van der Waals surface area (Å²) in [6.45, 7) is 0.316. The number of anilines is 1. The first-order valence-electron chi connectivity index (χ1n) is 7.09. The average Bonchev–Trinajstić information content (AvgIpc) is 2.88. The molecular weight excluding hydrogens is 284 g/mol. The van der Waals surface area contributed by atoms with Crippen molar-refractivity contribution in [3.8, 4) is 0 Å². The molecule has 2 amide bonds. The highest BCUT2D eigenvalue weighted by Crippen LogP contribution is 2.26. The third kappa shape index (κ3) is 3.44. The molecule has 0 aromatic heterocycles. The quantitative estimate of drug-likeness (QED) is 0.773. The van der Waals surface area contributed by atoms with Gasteiger partial charge in [-0.25, -0.2) is 0 Å². The summed E-state index contributed by atoms with van der Waals surface area (Å²) in [5, 5.41) is 0. The predicted molar refractivity (Wildman–Crippen MR) is 81.3 cm³/mol. The zero-order valence-electron chi connectivity index (χ0n) is 13.0. The number of hydrogen-bond donors (Lipinski definition) is 0. The summed E-state index contributed by atoms with van der Waals surface area (Å²) in [6, 6.07) is 7.29. The highest BCUT2D eigenvalue weighted by atomic mass is 16.5. The van der Waals surface area contributed by atoms with Gasteiger partial charge in [-0.2, -0.15) is 0 Å². The molecule has 22 heavy (non-hydrogen) atoms. The minimum absolute atomic E-state index is 0.00247. The van der Waals surface area contributed by atoms with Gasteiger partial charge in [0.1, 0.15) is 0 Å². The van der Waals surface area contributed by atoms with E-state index in [9.17, 15) is 14.4 Å². The molecule has 6 nitrogen and oxygen atoms in total. The number of methoxy groups -OCH3 is 1. The third-order valence-electron chi connectivity index (χ3n) is 3.74. The molecule has 1 aliphatic rings. The zero-order valence-corrected chi connectivity index (χ0v) is 13.0. The summed E-state index contributed by atoms with van der Waals surface area (Å²) in [4.78, 5) is 38.5. The van der Waals surface area contributed by atoms with E-state index in [1.54, 1.807) is 25.1 Å². The van der Waals surface area contributed by atoms with Gasteiger partial charge in [-0.05, 0) is 17.7 Å². The van der Waals surface area contributed by atoms with Gasteiger partial charge in [0.15, 0.2) is 0 Å². The Kier molecular flexibility index (Phi) is 4.80. The van der Waals surface area contributed by atoms with Crippen LogP contribution < -0.4 is 4.90 Å². The van der Waals surface area contributed by atoms with Crippen molar-refractivity contribution in [2.24, 2.45) is 5.92 Å². The Morgan fingerprint density at radius 2 is 2.09 bits per heavy atom. The number of carbonyl (C=O) groups excluding carboxylic acids is 3. The van der Waals surface area contributed by atoms with Gasteiger partial charge in [-0.15, -0.1) is 0 Å². The summed E-state index contributed by atoms with van der Waals surface area (Å²) in [6.07, 6.45) is 0.441. The summed E-state index contributed by atoms with van der Waals surface area (Å²) in [5.74, 6) is -0.900. The fraction of sp³-hybridized carbons (Fsp3) is 0.438. The van der Waals surface area contributed by atoms with E-state index in [4.69, 9.17) is 4.74 Å². The fourth-order valence-electron chi connectivity index (χ4n) is 2.45. The molecule has 1 heterocycles. The highest BCUT2D eigenvalue weighted by Gasteiger charge is 2.35. The monoisotopic (exact) mass is 304 g/mol. The number of nitrogens with zero attached hydrogens (tertiary/aromatic N) is 2. The number of amides is 2. The van der Waals surface area contributed by atoms with E-state index in [0.717, 1.165) is 5.56 Å². The van der Waals surface area contributed by atoms with Crippen molar-refractivity contribution in [2.45, 2.75) is 12.8 Å². The Labute approximate surface area is 129 Å². The first-order valence-corrected chi connectivity index (χ1v) is 7.09. The lowest BCUT2D eigenvalue weighted by Gasteiger charge is -2.18. The molecule has 0 bridgehead atoms. The van der Waals surface area contributed by atoms with Gasteiger partial charge in [0.2, 0.25) is 11.8 Å². The first kappa shape index (κ1) is 16.0. The first-order chi connectivity index (χ1) is 10.4. The molecule has 1 aromatic carbocycles. The van der Waals surface area contributed by atoms with E-state index in [-0.39, 0.29) is 30.6 Å². The Bertz CT molecular complexity index is 598. The molecule has 0 spiro atoms. The van der Waals surface area contributed by atoms with Crippen LogP contribution in [0.3, 0.4) is 0 Å². The Morgan fingerprint density at radius 3 is 2.73 bits per heavy atom. The standard InChI is InChI=1S/C16H20N2O4/c1-17(2)14(19)8-11-5-4-6-13(7-11)18-10-12(9-15(18)20)16(21)22-3/h4-7,12H,8-10H2,1-3H3. The van der Waals surface area contributed by atoms with Crippen molar-refractivity contribution < 1.29 is 19.1 Å². The SMILES string of the molecule is COC(=O)C1CC(=O)N(c2cccc(CC(=O)N(C)C)c2)C1. The van der Waals surface area contributed by atoms with E-state index >= 15 is 0 Å². The molecule has 0 radical (unpaired) electrons. The van der Waals surface area contributed by atoms with E-state index in [0.29, 0.717) is 12.2 Å². The lowest BCUT2D eigenvalue weighted by molar-refractivity contribution is -0.145. The highest BCUT2D eigenvalue weighted by molar-refractivity contribution is 5.99. The molecule has 1 unspecified atom stereocenters. The van der Waals surface area contributed by atoms with Crippen LogP contribution in [0.2, 0.25) is 0 Å². The zero-order chi connectivity index (χ0) is 16.3. The van der Waals surface area contributed by atoms with Crippen LogP contribution in [0.4, 0.5) is 5.69 Å². The van der Waals surface area contributed by atoms with Crippen molar-refractivity contribution in [1.82, 2.24) is 4.90 Å². The number of likely N-dealkylation sites (N-methyl/N-ethyl adjacent to an activating group) is 1. The maximum Gasteiger partial charge on any atom is 0.311 e. The summed E-state index contributed by atoms with van der Waals surface area (Å²) in [5.41, 5.74) is 1.55. The molecule has 1 atom stereocenters. The van der Waals surface area contributed by atoms with Crippen molar-refractivity contribution in [2.75, 3.05) is 32.6 Å². The average molecular weight is 304 g/mol. The second-order valence-corrected chi connectivity index (χ2v) is 5.56. The van der Waals surface area contributed by atoms with Gasteiger partial charge in [-0.3, -0.25) is 14.4 Å². The minimum Gasteiger partial charge on any atom is -0.469 e. The normalized spacial score (nSPS) is 17.5. The number of benzene rings is 1. The van der Waals surface area contributed by atoms with Gasteiger partial charge in [-0.1, -0.05) is 12.1 Å². The second-order valence-electron chi connectivity index (χ2n) is 5.56. The van der Waals surface area contributed by atoms with E-state index in [2.05, 4.69) is 0 Å². The topological polar surface area (TPSA) is 66.9 Å². The molecule has 0 N–H and O–H groups in total. The number of rotatable bonds is 4. The largest absolute Gasteiger partial charge is 0.469 e. The lowest BCUT2D eigenvalue weighted by atomic mass is 10.1. The van der Waals surface area contributed by atoms with Crippen molar-refractivity contribution in [3.05, 3.63) is 29.8 Å². The van der Waals surface area contributed by atoms with Crippen LogP contribution in [0.25, 0.3) is 0 Å². The van der Waals surface area contributed by atoms with E-state index in [1.807, 2.05) is 18.2 Å². The summed E-state index contributed by atoms with van der Waals surface area (Å²) >= 11 is 0. The molecule has 0 saturated carbocycles. The summed E-state index contributed by atoms with van der Waals surface area (Å²) in [7, 11) is 4.73. The second kappa shape index (κ2) is 6.60. The minimum atomic E-state index is -0.426. The van der Waals surface area contributed by atoms with Gasteiger partial charge in [0.25, 0.3) is 0 Å². The van der Waals surface area contributed by atoms with Crippen LogP contribution in [0.5, 0.6) is 0 Å². The van der Waals surface area contributed by atoms with Crippen molar-refractivity contribution in [1.29, 1.82) is 0 Å². The molecule has 1 saturated heterocycles. The van der Waals surface area contributed by atoms with Crippen LogP contribution in [-0.2, 0) is 25.5 Å². The number of esters is 1. The van der Waals surface area contributed by atoms with Crippen molar-refractivity contribution >= 4 is 23.5 Å². The molecule has 1 aliphatic heterocycles. The number of hydrogen-bond acceptors (Lipinski definition) is 4. The number of ether oxygens (including phenoxy) is 1. The fourth-order valence-corrected chi connectivity index (χ4v) is 2.45. The predicted octanol–water partition coefficient (Wildman–Crippen LogP) is 0.843. The molecule has 0 aliphatic carbocycles. The molecule has 2 rings (SSSR count). The smallest absolute Gasteiger partial charge is 0.311 e. The van der Waals surface area contributed by atoms with Gasteiger partial charge in [0.05, 0.1) is 19.4 Å². The van der Waals surface area contributed by atoms with Gasteiger partial charge >= 0.3 is 5.97 Å². The van der Waals surface area contributed by atoms with E-state index < -0.39 is 5.92 Å². The molecule has 118 valence electrons.